The average Bonchev–Trinajstić information content (AvgIpc) is 2.24. The SMILES string of the molecule is CC(C)c1ccc2c(c1)C(F)(F)C(C)(F)CO2. The molecule has 0 radical (unpaired) electrons. The normalized spacial score (nSPS) is 26.5. The molecule has 0 fully saturated rings. The lowest BCUT2D eigenvalue weighted by molar-refractivity contribution is -0.164. The van der Waals surface area contributed by atoms with Gasteiger partial charge < -0.3 is 4.74 Å². The van der Waals surface area contributed by atoms with Gasteiger partial charge in [0.15, 0.2) is 0 Å². The molecule has 94 valence electrons. The fraction of sp³-hybridized carbons (Fsp3) is 0.538. The number of benzene rings is 1. The third-order valence-electron chi connectivity index (χ3n) is 3.16. The van der Waals surface area contributed by atoms with Crippen molar-refractivity contribution in [1.29, 1.82) is 0 Å². The highest BCUT2D eigenvalue weighted by atomic mass is 19.3. The van der Waals surface area contributed by atoms with Gasteiger partial charge in [-0.15, -0.1) is 0 Å². The van der Waals surface area contributed by atoms with E-state index in [9.17, 15) is 13.2 Å². The highest BCUT2D eigenvalue weighted by molar-refractivity contribution is 5.44. The minimum atomic E-state index is -3.51. The molecule has 4 heteroatoms. The summed E-state index contributed by atoms with van der Waals surface area (Å²) in [6, 6.07) is 4.57. The summed E-state index contributed by atoms with van der Waals surface area (Å²) in [4.78, 5) is 0. The van der Waals surface area contributed by atoms with E-state index >= 15 is 0 Å². The minimum absolute atomic E-state index is 0.0783. The summed E-state index contributed by atoms with van der Waals surface area (Å²) in [5.74, 6) is -3.32. The van der Waals surface area contributed by atoms with Gasteiger partial charge in [-0.3, -0.25) is 0 Å². The van der Waals surface area contributed by atoms with Gasteiger partial charge >= 0.3 is 5.92 Å². The van der Waals surface area contributed by atoms with Crippen LogP contribution in [0.15, 0.2) is 18.2 Å². The van der Waals surface area contributed by atoms with Crippen molar-refractivity contribution in [3.8, 4) is 5.75 Å². The molecule has 1 aromatic rings. The molecule has 1 unspecified atom stereocenters. The van der Waals surface area contributed by atoms with Gasteiger partial charge in [-0.25, -0.2) is 4.39 Å². The monoisotopic (exact) mass is 244 g/mol. The van der Waals surface area contributed by atoms with E-state index in [4.69, 9.17) is 4.74 Å². The standard InChI is InChI=1S/C13H15F3O/c1-8(2)9-4-5-11-10(6-9)13(15,16)12(3,14)7-17-11/h4-6,8H,7H2,1-3H3. The van der Waals surface area contributed by atoms with Crippen molar-refractivity contribution in [3.05, 3.63) is 29.3 Å². The third kappa shape index (κ3) is 1.79. The van der Waals surface area contributed by atoms with E-state index in [0.717, 1.165) is 12.5 Å². The topological polar surface area (TPSA) is 9.23 Å². The van der Waals surface area contributed by atoms with Crippen LogP contribution in [0.2, 0.25) is 0 Å². The van der Waals surface area contributed by atoms with Crippen molar-refractivity contribution in [1.82, 2.24) is 0 Å². The molecule has 1 aliphatic heterocycles. The smallest absolute Gasteiger partial charge is 0.313 e. The maximum Gasteiger partial charge on any atom is 0.313 e. The fourth-order valence-corrected chi connectivity index (χ4v) is 1.86. The number of fused-ring (bicyclic) bond motifs is 1. The predicted octanol–water partition coefficient (Wildman–Crippen LogP) is 4.02. The molecular formula is C13H15F3O. The Morgan fingerprint density at radius 3 is 2.47 bits per heavy atom. The molecule has 17 heavy (non-hydrogen) atoms. The lowest BCUT2D eigenvalue weighted by Crippen LogP contribution is -2.47. The van der Waals surface area contributed by atoms with Crippen molar-refractivity contribution >= 4 is 0 Å². The summed E-state index contributed by atoms with van der Waals surface area (Å²) in [6.07, 6.45) is 0. The molecule has 1 atom stereocenters. The summed E-state index contributed by atoms with van der Waals surface area (Å²) in [5.41, 5.74) is -2.25. The zero-order chi connectivity index (χ0) is 12.8. The van der Waals surface area contributed by atoms with E-state index in [1.54, 1.807) is 6.07 Å². The molecule has 0 saturated heterocycles. The van der Waals surface area contributed by atoms with Gasteiger partial charge in [0.25, 0.3) is 0 Å². The summed E-state index contributed by atoms with van der Waals surface area (Å²) in [6.45, 7) is 4.06. The van der Waals surface area contributed by atoms with Crippen LogP contribution < -0.4 is 4.74 Å². The van der Waals surface area contributed by atoms with Gasteiger partial charge in [0.05, 0.1) is 5.56 Å². The Kier molecular flexibility index (Phi) is 2.64. The second-order valence-electron chi connectivity index (χ2n) is 4.97. The first-order valence-corrected chi connectivity index (χ1v) is 5.59. The van der Waals surface area contributed by atoms with Crippen molar-refractivity contribution in [3.63, 3.8) is 0 Å². The first-order valence-electron chi connectivity index (χ1n) is 5.59. The Labute approximate surface area is 98.6 Å². The Morgan fingerprint density at radius 2 is 1.88 bits per heavy atom. The van der Waals surface area contributed by atoms with Crippen LogP contribution in [-0.4, -0.2) is 12.3 Å². The van der Waals surface area contributed by atoms with E-state index in [0.29, 0.717) is 0 Å². The van der Waals surface area contributed by atoms with Crippen molar-refractivity contribution < 1.29 is 17.9 Å². The first kappa shape index (κ1) is 12.3. The second-order valence-corrected chi connectivity index (χ2v) is 4.97. The zero-order valence-corrected chi connectivity index (χ0v) is 10.1. The number of halogens is 3. The summed E-state index contributed by atoms with van der Waals surface area (Å²) >= 11 is 0. The Hall–Kier alpha value is -1.19. The van der Waals surface area contributed by atoms with Crippen molar-refractivity contribution in [2.24, 2.45) is 0 Å². The molecular weight excluding hydrogens is 229 g/mol. The molecule has 1 heterocycles. The molecule has 0 bridgehead atoms. The van der Waals surface area contributed by atoms with Crippen molar-refractivity contribution in [2.75, 3.05) is 6.61 Å². The van der Waals surface area contributed by atoms with Crippen LogP contribution in [-0.2, 0) is 5.92 Å². The number of hydrogen-bond acceptors (Lipinski definition) is 1. The van der Waals surface area contributed by atoms with Crippen LogP contribution in [0.4, 0.5) is 13.2 Å². The number of rotatable bonds is 1. The molecule has 0 aliphatic carbocycles. The highest BCUT2D eigenvalue weighted by Gasteiger charge is 2.57. The van der Waals surface area contributed by atoms with E-state index < -0.39 is 18.2 Å². The van der Waals surface area contributed by atoms with Gasteiger partial charge in [-0.2, -0.15) is 8.78 Å². The zero-order valence-electron chi connectivity index (χ0n) is 10.1. The van der Waals surface area contributed by atoms with Crippen LogP contribution in [0.1, 0.15) is 37.8 Å². The van der Waals surface area contributed by atoms with Gasteiger partial charge in [-0.1, -0.05) is 19.9 Å². The van der Waals surface area contributed by atoms with Gasteiger partial charge in [0.1, 0.15) is 12.4 Å². The van der Waals surface area contributed by atoms with Gasteiger partial charge in [0, 0.05) is 0 Å². The van der Waals surface area contributed by atoms with Crippen LogP contribution in [0.25, 0.3) is 0 Å². The number of hydrogen-bond donors (Lipinski definition) is 0. The van der Waals surface area contributed by atoms with Crippen LogP contribution in [0.3, 0.4) is 0 Å². The maximum atomic E-state index is 14.0. The minimum Gasteiger partial charge on any atom is -0.489 e. The Balaban J connectivity index is 2.56. The van der Waals surface area contributed by atoms with Gasteiger partial charge in [-0.05, 0) is 30.5 Å². The molecule has 2 rings (SSSR count). The van der Waals surface area contributed by atoms with Crippen molar-refractivity contribution in [2.45, 2.75) is 38.3 Å². The lowest BCUT2D eigenvalue weighted by atomic mass is 9.88. The summed E-state index contributed by atoms with van der Waals surface area (Å²) in [5, 5.41) is 0. The lowest BCUT2D eigenvalue weighted by Gasteiger charge is -2.36. The molecule has 0 N–H and O–H groups in total. The van der Waals surface area contributed by atoms with Gasteiger partial charge in [0.2, 0.25) is 5.67 Å². The Morgan fingerprint density at radius 1 is 1.24 bits per heavy atom. The predicted molar refractivity (Wildman–Crippen MR) is 59.4 cm³/mol. The van der Waals surface area contributed by atoms with Crippen LogP contribution in [0.5, 0.6) is 5.75 Å². The molecule has 1 nitrogen and oxygen atoms in total. The Bertz CT molecular complexity index is 438. The third-order valence-corrected chi connectivity index (χ3v) is 3.16. The molecule has 0 spiro atoms. The number of alkyl halides is 3. The fourth-order valence-electron chi connectivity index (χ4n) is 1.86. The molecule has 0 saturated carbocycles. The van der Waals surface area contributed by atoms with E-state index in [1.807, 2.05) is 13.8 Å². The van der Waals surface area contributed by atoms with E-state index in [2.05, 4.69) is 0 Å². The van der Waals surface area contributed by atoms with Crippen LogP contribution >= 0.6 is 0 Å². The van der Waals surface area contributed by atoms with E-state index in [-0.39, 0.29) is 17.2 Å². The summed E-state index contributed by atoms with van der Waals surface area (Å²) < 4.78 is 46.8. The maximum absolute atomic E-state index is 14.0. The second kappa shape index (κ2) is 3.65. The first-order chi connectivity index (χ1) is 7.75. The molecule has 0 aromatic heterocycles. The van der Waals surface area contributed by atoms with E-state index in [1.165, 1.54) is 12.1 Å². The summed E-state index contributed by atoms with van der Waals surface area (Å²) in [7, 11) is 0. The molecule has 1 aliphatic rings. The molecule has 1 aromatic carbocycles. The largest absolute Gasteiger partial charge is 0.489 e. The average molecular weight is 244 g/mol. The quantitative estimate of drug-likeness (QED) is 0.725. The van der Waals surface area contributed by atoms with Crippen LogP contribution in [0, 0.1) is 0 Å². The number of ether oxygens (including phenoxy) is 1. The molecule has 0 amide bonds. The highest BCUT2D eigenvalue weighted by Crippen LogP contribution is 2.49.